The standard InChI is InChI=1S/C18H36N2O/c1-15(2)16(3)8-9-17-10-13-20(14-11-17)18(21)7-5-4-6-12-19/h15-17H,4-14,19H2,1-3H3. The van der Waals surface area contributed by atoms with Gasteiger partial charge in [-0.1, -0.05) is 40.0 Å². The number of carbonyl (C=O) groups is 1. The third-order valence-electron chi connectivity index (χ3n) is 5.23. The van der Waals surface area contributed by atoms with Crippen LogP contribution >= 0.6 is 0 Å². The molecule has 1 amide bonds. The van der Waals surface area contributed by atoms with Crippen molar-refractivity contribution in [2.75, 3.05) is 19.6 Å². The Balaban J connectivity index is 2.15. The van der Waals surface area contributed by atoms with Gasteiger partial charge >= 0.3 is 0 Å². The molecule has 0 saturated carbocycles. The highest BCUT2D eigenvalue weighted by molar-refractivity contribution is 5.76. The van der Waals surface area contributed by atoms with Crippen molar-refractivity contribution in [1.29, 1.82) is 0 Å². The van der Waals surface area contributed by atoms with Crippen LogP contribution in [0.4, 0.5) is 0 Å². The van der Waals surface area contributed by atoms with Crippen LogP contribution in [-0.2, 0) is 4.79 Å². The Morgan fingerprint density at radius 1 is 1.14 bits per heavy atom. The van der Waals surface area contributed by atoms with Crippen LogP contribution < -0.4 is 5.73 Å². The molecule has 0 aromatic rings. The molecule has 0 radical (unpaired) electrons. The van der Waals surface area contributed by atoms with Crippen molar-refractivity contribution in [3.8, 4) is 0 Å². The van der Waals surface area contributed by atoms with Gasteiger partial charge < -0.3 is 10.6 Å². The lowest BCUT2D eigenvalue weighted by molar-refractivity contribution is -0.132. The maximum Gasteiger partial charge on any atom is 0.222 e. The number of rotatable bonds is 9. The molecule has 0 spiro atoms. The molecule has 1 fully saturated rings. The third kappa shape index (κ3) is 7.30. The van der Waals surface area contributed by atoms with E-state index in [4.69, 9.17) is 5.73 Å². The van der Waals surface area contributed by atoms with Crippen molar-refractivity contribution in [3.05, 3.63) is 0 Å². The normalized spacial score (nSPS) is 18.2. The summed E-state index contributed by atoms with van der Waals surface area (Å²) < 4.78 is 0. The summed E-state index contributed by atoms with van der Waals surface area (Å²) in [6.07, 6.45) is 8.96. The second kappa shape index (κ2) is 10.2. The minimum atomic E-state index is 0.362. The van der Waals surface area contributed by atoms with E-state index >= 15 is 0 Å². The van der Waals surface area contributed by atoms with Crippen molar-refractivity contribution in [2.24, 2.45) is 23.5 Å². The summed E-state index contributed by atoms with van der Waals surface area (Å²) in [5.41, 5.74) is 5.48. The molecular weight excluding hydrogens is 260 g/mol. The Hall–Kier alpha value is -0.570. The van der Waals surface area contributed by atoms with Crippen molar-refractivity contribution >= 4 is 5.91 Å². The minimum absolute atomic E-state index is 0.362. The predicted octanol–water partition coefficient (Wildman–Crippen LogP) is 3.82. The molecule has 2 N–H and O–H groups in total. The summed E-state index contributed by atoms with van der Waals surface area (Å²) in [6, 6.07) is 0. The zero-order valence-electron chi connectivity index (χ0n) is 14.4. The van der Waals surface area contributed by atoms with E-state index in [0.717, 1.165) is 63.1 Å². The van der Waals surface area contributed by atoms with Gasteiger partial charge in [0.2, 0.25) is 5.91 Å². The third-order valence-corrected chi connectivity index (χ3v) is 5.23. The SMILES string of the molecule is CC(C)C(C)CCC1CCN(C(=O)CCCCCN)CC1. The summed E-state index contributed by atoms with van der Waals surface area (Å²) in [6.45, 7) is 9.71. The maximum atomic E-state index is 12.1. The summed E-state index contributed by atoms with van der Waals surface area (Å²) in [5.74, 6) is 2.82. The first kappa shape index (κ1) is 18.5. The number of carbonyl (C=O) groups excluding carboxylic acids is 1. The lowest BCUT2D eigenvalue weighted by atomic mass is 9.85. The van der Waals surface area contributed by atoms with Gasteiger partial charge in [0.25, 0.3) is 0 Å². The van der Waals surface area contributed by atoms with Crippen LogP contribution in [0.1, 0.15) is 72.1 Å². The van der Waals surface area contributed by atoms with E-state index in [1.165, 1.54) is 25.7 Å². The molecule has 1 saturated heterocycles. The van der Waals surface area contributed by atoms with Crippen molar-refractivity contribution in [3.63, 3.8) is 0 Å². The Kier molecular flexibility index (Phi) is 8.98. The minimum Gasteiger partial charge on any atom is -0.343 e. The molecule has 0 aromatic heterocycles. The van der Waals surface area contributed by atoms with Crippen LogP contribution in [0, 0.1) is 17.8 Å². The van der Waals surface area contributed by atoms with Crippen LogP contribution in [-0.4, -0.2) is 30.4 Å². The number of hydrogen-bond donors (Lipinski definition) is 1. The first-order valence-electron chi connectivity index (χ1n) is 9.02. The number of unbranched alkanes of at least 4 members (excludes halogenated alkanes) is 2. The molecule has 124 valence electrons. The largest absolute Gasteiger partial charge is 0.343 e. The van der Waals surface area contributed by atoms with Gasteiger partial charge in [-0.2, -0.15) is 0 Å². The van der Waals surface area contributed by atoms with Gasteiger partial charge in [-0.15, -0.1) is 0 Å². The summed E-state index contributed by atoms with van der Waals surface area (Å²) >= 11 is 0. The quantitative estimate of drug-likeness (QED) is 0.658. The Bertz CT molecular complexity index is 283. The highest BCUT2D eigenvalue weighted by Gasteiger charge is 2.22. The van der Waals surface area contributed by atoms with Gasteiger partial charge in [0.1, 0.15) is 0 Å². The maximum absolute atomic E-state index is 12.1. The fourth-order valence-electron chi connectivity index (χ4n) is 3.06. The molecule has 21 heavy (non-hydrogen) atoms. The molecule has 1 unspecified atom stereocenters. The highest BCUT2D eigenvalue weighted by Crippen LogP contribution is 2.26. The number of likely N-dealkylation sites (tertiary alicyclic amines) is 1. The predicted molar refractivity (Wildman–Crippen MR) is 90.1 cm³/mol. The smallest absolute Gasteiger partial charge is 0.222 e. The Labute approximate surface area is 131 Å². The van der Waals surface area contributed by atoms with Crippen LogP contribution in [0.25, 0.3) is 0 Å². The summed E-state index contributed by atoms with van der Waals surface area (Å²) in [4.78, 5) is 14.2. The first-order valence-corrected chi connectivity index (χ1v) is 9.02. The fraction of sp³-hybridized carbons (Fsp3) is 0.944. The zero-order valence-corrected chi connectivity index (χ0v) is 14.4. The summed E-state index contributed by atoms with van der Waals surface area (Å²) in [7, 11) is 0. The van der Waals surface area contributed by atoms with Crippen LogP contribution in [0.2, 0.25) is 0 Å². The first-order chi connectivity index (χ1) is 10.0. The van der Waals surface area contributed by atoms with Gasteiger partial charge in [-0.05, 0) is 50.0 Å². The van der Waals surface area contributed by atoms with Crippen LogP contribution in [0.15, 0.2) is 0 Å². The fourth-order valence-corrected chi connectivity index (χ4v) is 3.06. The van der Waals surface area contributed by atoms with Crippen LogP contribution in [0.5, 0.6) is 0 Å². The topological polar surface area (TPSA) is 46.3 Å². The number of hydrogen-bond acceptors (Lipinski definition) is 2. The van der Waals surface area contributed by atoms with Crippen molar-refractivity contribution < 1.29 is 4.79 Å². The van der Waals surface area contributed by atoms with Gasteiger partial charge in [0.15, 0.2) is 0 Å². The van der Waals surface area contributed by atoms with E-state index in [1.807, 2.05) is 0 Å². The molecule has 1 aliphatic rings. The van der Waals surface area contributed by atoms with E-state index in [-0.39, 0.29) is 0 Å². The Morgan fingerprint density at radius 2 is 1.81 bits per heavy atom. The van der Waals surface area contributed by atoms with E-state index < -0.39 is 0 Å². The molecule has 0 aromatic carbocycles. The second-order valence-corrected chi connectivity index (χ2v) is 7.22. The van der Waals surface area contributed by atoms with Gasteiger partial charge in [0, 0.05) is 19.5 Å². The van der Waals surface area contributed by atoms with Gasteiger partial charge in [-0.3, -0.25) is 4.79 Å². The molecule has 1 rings (SSSR count). The average Bonchev–Trinajstić information content (AvgIpc) is 2.49. The monoisotopic (exact) mass is 296 g/mol. The van der Waals surface area contributed by atoms with Gasteiger partial charge in [0.05, 0.1) is 0 Å². The molecular formula is C18H36N2O. The Morgan fingerprint density at radius 3 is 2.38 bits per heavy atom. The number of piperidine rings is 1. The molecule has 3 nitrogen and oxygen atoms in total. The van der Waals surface area contributed by atoms with Gasteiger partial charge in [-0.25, -0.2) is 0 Å². The summed E-state index contributed by atoms with van der Waals surface area (Å²) in [5, 5.41) is 0. The molecule has 1 heterocycles. The lowest BCUT2D eigenvalue weighted by Crippen LogP contribution is -2.38. The average molecular weight is 296 g/mol. The lowest BCUT2D eigenvalue weighted by Gasteiger charge is -2.33. The van der Waals surface area contributed by atoms with E-state index in [1.54, 1.807) is 0 Å². The van der Waals surface area contributed by atoms with E-state index in [2.05, 4.69) is 25.7 Å². The van der Waals surface area contributed by atoms with Crippen molar-refractivity contribution in [1.82, 2.24) is 4.90 Å². The second-order valence-electron chi connectivity index (χ2n) is 7.22. The van der Waals surface area contributed by atoms with E-state index in [9.17, 15) is 4.79 Å². The number of amides is 1. The van der Waals surface area contributed by atoms with Crippen LogP contribution in [0.3, 0.4) is 0 Å². The molecule has 3 heteroatoms. The number of nitrogens with zero attached hydrogens (tertiary/aromatic N) is 1. The molecule has 1 aliphatic heterocycles. The zero-order chi connectivity index (χ0) is 15.7. The molecule has 1 atom stereocenters. The van der Waals surface area contributed by atoms with E-state index in [0.29, 0.717) is 5.91 Å². The highest BCUT2D eigenvalue weighted by atomic mass is 16.2. The molecule has 0 bridgehead atoms. The molecule has 0 aliphatic carbocycles. The number of nitrogens with two attached hydrogens (primary N) is 1. The van der Waals surface area contributed by atoms with Crippen molar-refractivity contribution in [2.45, 2.75) is 72.1 Å².